The fourth-order valence-electron chi connectivity index (χ4n) is 3.02. The Bertz CT molecular complexity index is 831. The topological polar surface area (TPSA) is 55.1 Å². The smallest absolute Gasteiger partial charge is 0.220 e. The van der Waals surface area contributed by atoms with E-state index >= 15 is 0 Å². The molecule has 0 saturated heterocycles. The van der Waals surface area contributed by atoms with Gasteiger partial charge in [-0.1, -0.05) is 23.4 Å². The summed E-state index contributed by atoms with van der Waals surface area (Å²) >= 11 is 1.76. The van der Waals surface area contributed by atoms with Crippen molar-refractivity contribution in [3.05, 3.63) is 52.2 Å². The van der Waals surface area contributed by atoms with Gasteiger partial charge in [-0.15, -0.1) is 11.3 Å². The molecule has 1 aromatic carbocycles. The molecule has 0 unspecified atom stereocenters. The summed E-state index contributed by atoms with van der Waals surface area (Å²) in [5.41, 5.74) is 3.22. The molecule has 0 fully saturated rings. The number of aromatic nitrogens is 1. The Kier molecular flexibility index (Phi) is 5.00. The summed E-state index contributed by atoms with van der Waals surface area (Å²) in [5, 5.41) is 10.5. The Morgan fingerprint density at radius 3 is 2.88 bits per heavy atom. The highest BCUT2D eigenvalue weighted by Crippen LogP contribution is 2.26. The lowest BCUT2D eigenvalue weighted by Crippen LogP contribution is -2.34. The predicted molar refractivity (Wildman–Crippen MR) is 97.4 cm³/mol. The molecule has 0 radical (unpaired) electrons. The second kappa shape index (κ2) is 7.18. The van der Waals surface area contributed by atoms with Gasteiger partial charge in [0.1, 0.15) is 5.76 Å². The van der Waals surface area contributed by atoms with Crippen molar-refractivity contribution in [2.24, 2.45) is 0 Å². The lowest BCUT2D eigenvalue weighted by Gasteiger charge is -2.13. The third kappa shape index (κ3) is 3.67. The molecule has 0 aliphatic carbocycles. The Hall–Kier alpha value is -2.14. The van der Waals surface area contributed by atoms with Gasteiger partial charge in [0.05, 0.1) is 5.69 Å². The van der Waals surface area contributed by atoms with Crippen LogP contribution in [-0.2, 0) is 17.6 Å². The average Bonchev–Trinajstić information content (AvgIpc) is 3.10. The van der Waals surface area contributed by atoms with Crippen LogP contribution in [0.3, 0.4) is 0 Å². The molecule has 1 N–H and O–H groups in total. The number of amides is 1. The minimum Gasteiger partial charge on any atom is -0.361 e. The van der Waals surface area contributed by atoms with Crippen molar-refractivity contribution >= 4 is 27.3 Å². The van der Waals surface area contributed by atoms with Crippen LogP contribution in [-0.4, -0.2) is 17.1 Å². The van der Waals surface area contributed by atoms with Crippen molar-refractivity contribution in [1.82, 2.24) is 10.5 Å². The van der Waals surface area contributed by atoms with Crippen molar-refractivity contribution in [2.75, 3.05) is 0 Å². The summed E-state index contributed by atoms with van der Waals surface area (Å²) in [6.45, 7) is 5.85. The molecule has 4 nitrogen and oxygen atoms in total. The molecule has 2 aromatic heterocycles. The molecule has 3 aromatic rings. The van der Waals surface area contributed by atoms with E-state index in [9.17, 15) is 4.79 Å². The summed E-state index contributed by atoms with van der Waals surface area (Å²) in [4.78, 5) is 12.2. The van der Waals surface area contributed by atoms with E-state index in [1.54, 1.807) is 11.3 Å². The van der Waals surface area contributed by atoms with E-state index < -0.39 is 0 Å². The first-order chi connectivity index (χ1) is 11.5. The number of benzene rings is 1. The van der Waals surface area contributed by atoms with Crippen LogP contribution < -0.4 is 5.32 Å². The average molecular weight is 342 g/mol. The molecule has 1 amide bonds. The standard InChI is InChI=1S/C19H22N2O2S/c1-12(10-15-11-24-18-7-5-4-6-17(15)18)20-19(22)9-8-16-13(2)21-23-14(16)3/h4-7,11-12H,8-10H2,1-3H3,(H,20,22)/t12-/m1/s1. The van der Waals surface area contributed by atoms with Crippen LogP contribution in [0.4, 0.5) is 0 Å². The minimum atomic E-state index is 0.0713. The number of hydrogen-bond donors (Lipinski definition) is 1. The van der Waals surface area contributed by atoms with E-state index in [0.717, 1.165) is 23.4 Å². The molecular weight excluding hydrogens is 320 g/mol. The Morgan fingerprint density at radius 2 is 2.12 bits per heavy atom. The van der Waals surface area contributed by atoms with E-state index in [1.165, 1.54) is 15.6 Å². The number of carbonyl (C=O) groups excluding carboxylic acids is 1. The maximum atomic E-state index is 12.2. The highest BCUT2D eigenvalue weighted by atomic mass is 32.1. The highest BCUT2D eigenvalue weighted by molar-refractivity contribution is 7.17. The van der Waals surface area contributed by atoms with Crippen molar-refractivity contribution in [1.29, 1.82) is 0 Å². The number of carbonyl (C=O) groups is 1. The number of aryl methyl sites for hydroxylation is 2. The number of thiophene rings is 1. The fourth-order valence-corrected chi connectivity index (χ4v) is 3.99. The summed E-state index contributed by atoms with van der Waals surface area (Å²) in [6.07, 6.45) is 1.97. The Morgan fingerprint density at radius 1 is 1.33 bits per heavy atom. The summed E-state index contributed by atoms with van der Waals surface area (Å²) < 4.78 is 6.43. The monoisotopic (exact) mass is 342 g/mol. The van der Waals surface area contributed by atoms with Gasteiger partial charge in [-0.2, -0.15) is 0 Å². The molecule has 0 aliphatic rings. The Balaban J connectivity index is 1.54. The van der Waals surface area contributed by atoms with Crippen LogP contribution in [0.1, 0.15) is 35.9 Å². The van der Waals surface area contributed by atoms with Gasteiger partial charge in [-0.25, -0.2) is 0 Å². The lowest BCUT2D eigenvalue weighted by molar-refractivity contribution is -0.121. The minimum absolute atomic E-state index is 0.0713. The number of hydrogen-bond acceptors (Lipinski definition) is 4. The molecule has 2 heterocycles. The Labute approximate surface area is 145 Å². The van der Waals surface area contributed by atoms with Gasteiger partial charge in [-0.05, 0) is 56.0 Å². The molecule has 24 heavy (non-hydrogen) atoms. The lowest BCUT2D eigenvalue weighted by atomic mass is 10.1. The van der Waals surface area contributed by atoms with Crippen molar-refractivity contribution in [3.63, 3.8) is 0 Å². The summed E-state index contributed by atoms with van der Waals surface area (Å²) in [7, 11) is 0. The highest BCUT2D eigenvalue weighted by Gasteiger charge is 2.14. The van der Waals surface area contributed by atoms with Gasteiger partial charge in [0, 0.05) is 22.7 Å². The molecular formula is C19H22N2O2S. The molecule has 0 saturated carbocycles. The molecule has 0 bridgehead atoms. The zero-order chi connectivity index (χ0) is 17.1. The van der Waals surface area contributed by atoms with Gasteiger partial charge < -0.3 is 9.84 Å². The number of nitrogens with one attached hydrogen (secondary N) is 1. The van der Waals surface area contributed by atoms with Gasteiger partial charge >= 0.3 is 0 Å². The first-order valence-electron chi connectivity index (χ1n) is 8.21. The van der Waals surface area contributed by atoms with Crippen molar-refractivity contribution in [2.45, 2.75) is 46.1 Å². The van der Waals surface area contributed by atoms with E-state index in [2.05, 4.69) is 47.0 Å². The van der Waals surface area contributed by atoms with Gasteiger partial charge in [-0.3, -0.25) is 4.79 Å². The molecule has 5 heteroatoms. The van der Waals surface area contributed by atoms with Crippen molar-refractivity contribution in [3.8, 4) is 0 Å². The SMILES string of the molecule is Cc1noc(C)c1CCC(=O)N[C@H](C)Cc1csc2ccccc12. The normalized spacial score (nSPS) is 12.5. The summed E-state index contributed by atoms with van der Waals surface area (Å²) in [6, 6.07) is 8.51. The second-order valence-electron chi connectivity index (χ2n) is 6.23. The first-order valence-corrected chi connectivity index (χ1v) is 9.08. The molecule has 3 rings (SSSR count). The van der Waals surface area contributed by atoms with Crippen LogP contribution in [0.2, 0.25) is 0 Å². The number of rotatable bonds is 6. The maximum Gasteiger partial charge on any atom is 0.220 e. The number of fused-ring (bicyclic) bond motifs is 1. The van der Waals surface area contributed by atoms with Gasteiger partial charge in [0.25, 0.3) is 0 Å². The van der Waals surface area contributed by atoms with E-state index in [0.29, 0.717) is 12.8 Å². The quantitative estimate of drug-likeness (QED) is 0.731. The molecule has 0 aliphatic heterocycles. The second-order valence-corrected chi connectivity index (χ2v) is 7.14. The van der Waals surface area contributed by atoms with Gasteiger partial charge in [0.2, 0.25) is 5.91 Å². The third-order valence-corrected chi connectivity index (χ3v) is 5.29. The van der Waals surface area contributed by atoms with Gasteiger partial charge in [0.15, 0.2) is 0 Å². The molecule has 1 atom stereocenters. The zero-order valence-corrected chi connectivity index (χ0v) is 15.1. The predicted octanol–water partition coefficient (Wildman–Crippen LogP) is 4.19. The first kappa shape index (κ1) is 16.7. The van der Waals surface area contributed by atoms with Crippen LogP contribution in [0.15, 0.2) is 34.2 Å². The van der Waals surface area contributed by atoms with Crippen LogP contribution in [0, 0.1) is 13.8 Å². The third-order valence-electron chi connectivity index (χ3n) is 4.28. The van der Waals surface area contributed by atoms with E-state index in [-0.39, 0.29) is 11.9 Å². The molecule has 0 spiro atoms. The van der Waals surface area contributed by atoms with Crippen LogP contribution in [0.5, 0.6) is 0 Å². The molecule has 126 valence electrons. The van der Waals surface area contributed by atoms with Crippen LogP contribution >= 0.6 is 11.3 Å². The largest absolute Gasteiger partial charge is 0.361 e. The summed E-state index contributed by atoms with van der Waals surface area (Å²) in [5.74, 6) is 0.875. The fraction of sp³-hybridized carbons (Fsp3) is 0.368. The van der Waals surface area contributed by atoms with Crippen molar-refractivity contribution < 1.29 is 9.32 Å². The van der Waals surface area contributed by atoms with E-state index in [4.69, 9.17) is 4.52 Å². The zero-order valence-electron chi connectivity index (χ0n) is 14.3. The number of nitrogens with zero attached hydrogens (tertiary/aromatic N) is 1. The van der Waals surface area contributed by atoms with Crippen LogP contribution in [0.25, 0.3) is 10.1 Å². The van der Waals surface area contributed by atoms with E-state index in [1.807, 2.05) is 13.8 Å². The maximum absolute atomic E-state index is 12.2.